The van der Waals surface area contributed by atoms with Gasteiger partial charge in [-0.25, -0.2) is 0 Å². The van der Waals surface area contributed by atoms with Crippen molar-refractivity contribution in [3.63, 3.8) is 0 Å². The fourth-order valence-electron chi connectivity index (χ4n) is 0.706. The third-order valence-corrected chi connectivity index (χ3v) is 1.33. The number of azide groups is 1. The Labute approximate surface area is 75.5 Å². The maximum Gasteiger partial charge on any atom is 0.306 e. The van der Waals surface area contributed by atoms with Gasteiger partial charge in [0.25, 0.3) is 0 Å². The normalized spacial score (nSPS) is 11.2. The topological polar surface area (TPSA) is 92.1 Å². The second-order valence-electron chi connectivity index (χ2n) is 2.34. The van der Waals surface area contributed by atoms with Crippen LogP contribution in [0.5, 0.6) is 0 Å². The van der Waals surface area contributed by atoms with Gasteiger partial charge in [-0.05, 0) is 19.4 Å². The van der Waals surface area contributed by atoms with Crippen molar-refractivity contribution < 1.29 is 14.3 Å². The molecule has 0 aromatic rings. The van der Waals surface area contributed by atoms with Crippen molar-refractivity contribution in [2.24, 2.45) is 5.11 Å². The molecule has 0 rings (SSSR count). The van der Waals surface area contributed by atoms with E-state index in [1.807, 2.05) is 0 Å². The number of esters is 1. The number of hydrogen-bond donors (Lipinski definition) is 0. The molecule has 6 heteroatoms. The van der Waals surface area contributed by atoms with Crippen LogP contribution in [-0.4, -0.2) is 24.4 Å². The predicted molar refractivity (Wildman–Crippen MR) is 44.9 cm³/mol. The number of rotatable bonds is 5. The summed E-state index contributed by atoms with van der Waals surface area (Å²) in [6.07, 6.45) is -0.187. The lowest BCUT2D eigenvalue weighted by Gasteiger charge is -2.05. The Bertz CT molecular complexity index is 243. The standard InChI is InChI=1S/C7H11N3O3/c1-3-13-7(12)4-6(5(2)11)9-10-8/h6H,3-4H2,1-2H3/t6-/m1/s1. The van der Waals surface area contributed by atoms with Gasteiger partial charge in [-0.3, -0.25) is 9.59 Å². The van der Waals surface area contributed by atoms with Crippen molar-refractivity contribution in [3.05, 3.63) is 10.4 Å². The average molecular weight is 185 g/mol. The van der Waals surface area contributed by atoms with E-state index in [0.717, 1.165) is 0 Å². The largest absolute Gasteiger partial charge is 0.466 e. The van der Waals surface area contributed by atoms with Crippen LogP contribution in [-0.2, 0) is 14.3 Å². The van der Waals surface area contributed by atoms with Gasteiger partial charge in [0.1, 0.15) is 11.8 Å². The minimum atomic E-state index is -0.941. The van der Waals surface area contributed by atoms with E-state index in [-0.39, 0.29) is 18.8 Å². The van der Waals surface area contributed by atoms with Crippen LogP contribution in [0.2, 0.25) is 0 Å². The zero-order valence-corrected chi connectivity index (χ0v) is 7.56. The fraction of sp³-hybridized carbons (Fsp3) is 0.714. The van der Waals surface area contributed by atoms with E-state index in [0.29, 0.717) is 0 Å². The van der Waals surface area contributed by atoms with Crippen LogP contribution in [0, 0.1) is 0 Å². The van der Waals surface area contributed by atoms with Crippen LogP contribution in [0.4, 0.5) is 0 Å². The molecule has 0 amide bonds. The van der Waals surface area contributed by atoms with Crippen LogP contribution in [0.1, 0.15) is 20.3 Å². The summed E-state index contributed by atoms with van der Waals surface area (Å²) in [6.45, 7) is 3.17. The quantitative estimate of drug-likeness (QED) is 0.279. The molecule has 0 aliphatic carbocycles. The molecule has 6 nitrogen and oxygen atoms in total. The lowest BCUT2D eigenvalue weighted by Crippen LogP contribution is -2.20. The van der Waals surface area contributed by atoms with Crippen LogP contribution < -0.4 is 0 Å². The zero-order chi connectivity index (χ0) is 10.3. The average Bonchev–Trinajstić information content (AvgIpc) is 2.04. The Kier molecular flexibility index (Phi) is 5.30. The molecular weight excluding hydrogens is 174 g/mol. The van der Waals surface area contributed by atoms with Crippen molar-refractivity contribution in [2.75, 3.05) is 6.61 Å². The Balaban J connectivity index is 4.18. The van der Waals surface area contributed by atoms with Crippen molar-refractivity contribution >= 4 is 11.8 Å². The molecule has 0 unspecified atom stereocenters. The zero-order valence-electron chi connectivity index (χ0n) is 7.56. The molecule has 0 bridgehead atoms. The molecule has 0 heterocycles. The Hall–Kier alpha value is -1.55. The van der Waals surface area contributed by atoms with Crippen molar-refractivity contribution in [1.82, 2.24) is 0 Å². The lowest BCUT2D eigenvalue weighted by molar-refractivity contribution is -0.144. The number of nitrogens with zero attached hydrogens (tertiary/aromatic N) is 3. The molecule has 0 aliphatic rings. The van der Waals surface area contributed by atoms with E-state index in [1.165, 1.54) is 6.92 Å². The highest BCUT2D eigenvalue weighted by Gasteiger charge is 2.17. The van der Waals surface area contributed by atoms with Crippen LogP contribution in [0.15, 0.2) is 5.11 Å². The first kappa shape index (κ1) is 11.4. The van der Waals surface area contributed by atoms with E-state index in [2.05, 4.69) is 14.8 Å². The molecule has 0 aromatic heterocycles. The van der Waals surface area contributed by atoms with Crippen LogP contribution >= 0.6 is 0 Å². The molecule has 0 fully saturated rings. The van der Waals surface area contributed by atoms with E-state index >= 15 is 0 Å². The molecule has 0 radical (unpaired) electrons. The summed E-state index contributed by atoms with van der Waals surface area (Å²) in [5.41, 5.74) is 8.08. The molecular formula is C7H11N3O3. The van der Waals surface area contributed by atoms with E-state index < -0.39 is 12.0 Å². The van der Waals surface area contributed by atoms with Crippen molar-refractivity contribution in [1.29, 1.82) is 0 Å². The van der Waals surface area contributed by atoms with Gasteiger partial charge in [0.05, 0.1) is 13.0 Å². The maximum atomic E-state index is 10.9. The maximum absolute atomic E-state index is 10.9. The first-order chi connectivity index (χ1) is 6.11. The first-order valence-corrected chi connectivity index (χ1v) is 3.82. The Morgan fingerprint density at radius 3 is 2.62 bits per heavy atom. The number of Topliss-reactive ketones (excluding diaryl/α,β-unsaturated/α-hetero) is 1. The molecule has 0 N–H and O–H groups in total. The number of carbonyl (C=O) groups is 2. The van der Waals surface area contributed by atoms with Gasteiger partial charge in [0.2, 0.25) is 0 Å². The van der Waals surface area contributed by atoms with Gasteiger partial charge in [-0.15, -0.1) is 0 Å². The van der Waals surface area contributed by atoms with Crippen molar-refractivity contribution in [2.45, 2.75) is 26.3 Å². The summed E-state index contributed by atoms with van der Waals surface area (Å²) in [5.74, 6) is -0.874. The molecule has 0 saturated carbocycles. The Morgan fingerprint density at radius 2 is 2.23 bits per heavy atom. The molecule has 0 aliphatic heterocycles. The van der Waals surface area contributed by atoms with Crippen LogP contribution in [0.3, 0.4) is 0 Å². The molecule has 72 valence electrons. The van der Waals surface area contributed by atoms with Gasteiger partial charge in [-0.2, -0.15) is 0 Å². The Morgan fingerprint density at radius 1 is 1.62 bits per heavy atom. The number of carbonyl (C=O) groups excluding carboxylic acids is 2. The highest BCUT2D eigenvalue weighted by molar-refractivity contribution is 5.86. The van der Waals surface area contributed by atoms with Gasteiger partial charge >= 0.3 is 5.97 Å². The fourth-order valence-corrected chi connectivity index (χ4v) is 0.706. The van der Waals surface area contributed by atoms with E-state index in [4.69, 9.17) is 5.53 Å². The second-order valence-corrected chi connectivity index (χ2v) is 2.34. The summed E-state index contributed by atoms with van der Waals surface area (Å²) in [5, 5.41) is 3.18. The molecule has 0 saturated heterocycles. The minimum Gasteiger partial charge on any atom is -0.466 e. The molecule has 0 aromatic carbocycles. The summed E-state index contributed by atoms with van der Waals surface area (Å²) >= 11 is 0. The highest BCUT2D eigenvalue weighted by Crippen LogP contribution is 2.01. The highest BCUT2D eigenvalue weighted by atomic mass is 16.5. The summed E-state index contributed by atoms with van der Waals surface area (Å²) in [7, 11) is 0. The third kappa shape index (κ3) is 4.81. The molecule has 13 heavy (non-hydrogen) atoms. The van der Waals surface area contributed by atoms with E-state index in [9.17, 15) is 9.59 Å². The van der Waals surface area contributed by atoms with E-state index in [1.54, 1.807) is 6.92 Å². The molecule has 1 atom stereocenters. The van der Waals surface area contributed by atoms with Gasteiger partial charge < -0.3 is 4.74 Å². The smallest absolute Gasteiger partial charge is 0.306 e. The second kappa shape index (κ2) is 6.02. The monoisotopic (exact) mass is 185 g/mol. The number of ketones is 1. The third-order valence-electron chi connectivity index (χ3n) is 1.33. The lowest BCUT2D eigenvalue weighted by atomic mass is 10.1. The number of hydrogen-bond acceptors (Lipinski definition) is 4. The summed E-state index contributed by atoms with van der Waals surface area (Å²) < 4.78 is 4.59. The SMILES string of the molecule is CCOC(=O)C[C@@H](N=[N+]=[N-])C(C)=O. The summed E-state index contributed by atoms with van der Waals surface area (Å²) in [6, 6.07) is -0.941. The van der Waals surface area contributed by atoms with Crippen LogP contribution in [0.25, 0.3) is 10.4 Å². The summed E-state index contributed by atoms with van der Waals surface area (Å²) in [4.78, 5) is 24.1. The van der Waals surface area contributed by atoms with Gasteiger partial charge in [-0.1, -0.05) is 5.11 Å². The predicted octanol–water partition coefficient (Wildman–Crippen LogP) is 1.21. The minimum absolute atomic E-state index is 0.187. The molecule has 0 spiro atoms. The van der Waals surface area contributed by atoms with Gasteiger partial charge in [0, 0.05) is 4.91 Å². The first-order valence-electron chi connectivity index (χ1n) is 3.82. The van der Waals surface area contributed by atoms with Crippen molar-refractivity contribution in [3.8, 4) is 0 Å². The van der Waals surface area contributed by atoms with Gasteiger partial charge in [0.15, 0.2) is 0 Å². The number of ether oxygens (including phenoxy) is 1.